The number of ether oxygens (including phenoxy) is 1. The second-order valence-corrected chi connectivity index (χ2v) is 8.25. The Morgan fingerprint density at radius 2 is 1.62 bits per heavy atom. The van der Waals surface area contributed by atoms with E-state index in [1.165, 1.54) is 35.9 Å². The molecule has 0 atom stereocenters. The second kappa shape index (κ2) is 9.12. The summed E-state index contributed by atoms with van der Waals surface area (Å²) in [6.45, 7) is 6.38. The van der Waals surface area contributed by atoms with Crippen LogP contribution in [-0.2, 0) is 10.9 Å². The lowest BCUT2D eigenvalue weighted by molar-refractivity contribution is -0.137. The van der Waals surface area contributed by atoms with E-state index in [1.807, 2.05) is 0 Å². The molecule has 2 aromatic carbocycles. The van der Waals surface area contributed by atoms with E-state index >= 15 is 0 Å². The number of nitrogens with one attached hydrogen (secondary N) is 2. The molecule has 0 aliphatic rings. The Labute approximate surface area is 191 Å². The lowest BCUT2D eigenvalue weighted by Crippen LogP contribution is -2.27. The highest BCUT2D eigenvalue weighted by atomic mass is 19.4. The van der Waals surface area contributed by atoms with E-state index in [2.05, 4.69) is 20.9 Å². The third-order valence-electron chi connectivity index (χ3n) is 4.41. The highest BCUT2D eigenvalue weighted by molar-refractivity contribution is 6.06. The monoisotopic (exact) mass is 479 g/mol. The molecular formula is C22H21F4N5O3. The molecular weight excluding hydrogens is 458 g/mol. The van der Waals surface area contributed by atoms with Crippen LogP contribution in [0.2, 0.25) is 0 Å². The maximum absolute atomic E-state index is 13.3. The molecule has 0 aliphatic heterocycles. The van der Waals surface area contributed by atoms with Crippen molar-refractivity contribution in [1.29, 1.82) is 0 Å². The second-order valence-electron chi connectivity index (χ2n) is 8.25. The fraction of sp³-hybridized carbons (Fsp3) is 0.273. The molecule has 180 valence electrons. The number of halogens is 4. The van der Waals surface area contributed by atoms with Gasteiger partial charge in [0.15, 0.2) is 5.69 Å². The molecule has 2 N–H and O–H groups in total. The van der Waals surface area contributed by atoms with Crippen molar-refractivity contribution in [2.75, 3.05) is 10.6 Å². The number of amides is 2. The number of hydrogen-bond acceptors (Lipinski definition) is 5. The van der Waals surface area contributed by atoms with Gasteiger partial charge in [0.2, 0.25) is 0 Å². The van der Waals surface area contributed by atoms with Gasteiger partial charge in [-0.05, 0) is 70.2 Å². The Kier molecular flexibility index (Phi) is 6.62. The predicted molar refractivity (Wildman–Crippen MR) is 115 cm³/mol. The first kappa shape index (κ1) is 24.7. The number of nitrogens with zero attached hydrogens (tertiary/aromatic N) is 3. The minimum Gasteiger partial charge on any atom is -0.444 e. The van der Waals surface area contributed by atoms with Crippen LogP contribution in [0.25, 0.3) is 5.69 Å². The van der Waals surface area contributed by atoms with E-state index in [1.54, 1.807) is 20.8 Å². The Balaban J connectivity index is 1.91. The van der Waals surface area contributed by atoms with E-state index in [0.29, 0.717) is 11.8 Å². The normalized spacial score (nSPS) is 11.8. The van der Waals surface area contributed by atoms with Gasteiger partial charge in [0.05, 0.1) is 28.3 Å². The number of benzene rings is 2. The van der Waals surface area contributed by atoms with E-state index in [9.17, 15) is 27.2 Å². The van der Waals surface area contributed by atoms with Gasteiger partial charge >= 0.3 is 12.3 Å². The van der Waals surface area contributed by atoms with Crippen molar-refractivity contribution >= 4 is 23.4 Å². The average Bonchev–Trinajstić information content (AvgIpc) is 3.09. The van der Waals surface area contributed by atoms with Gasteiger partial charge in [0, 0.05) is 0 Å². The van der Waals surface area contributed by atoms with Crippen LogP contribution in [-0.4, -0.2) is 32.6 Å². The lowest BCUT2D eigenvalue weighted by Gasteiger charge is -2.21. The third kappa shape index (κ3) is 5.88. The number of anilines is 2. The van der Waals surface area contributed by atoms with Crippen LogP contribution >= 0.6 is 0 Å². The van der Waals surface area contributed by atoms with Crippen LogP contribution in [0.1, 0.15) is 42.5 Å². The van der Waals surface area contributed by atoms with E-state index in [0.717, 1.165) is 12.1 Å². The average molecular weight is 479 g/mol. The number of aromatic nitrogens is 3. The summed E-state index contributed by atoms with van der Waals surface area (Å²) in [5, 5.41) is 12.3. The zero-order valence-corrected chi connectivity index (χ0v) is 18.6. The zero-order chi connectivity index (χ0) is 25.3. The summed E-state index contributed by atoms with van der Waals surface area (Å²) in [5.74, 6) is -1.33. The van der Waals surface area contributed by atoms with Gasteiger partial charge in [0.1, 0.15) is 11.4 Å². The molecule has 0 saturated carbocycles. The fourth-order valence-corrected chi connectivity index (χ4v) is 2.89. The van der Waals surface area contributed by atoms with Crippen LogP contribution in [0.3, 0.4) is 0 Å². The van der Waals surface area contributed by atoms with Crippen molar-refractivity contribution in [3.63, 3.8) is 0 Å². The van der Waals surface area contributed by atoms with Crippen LogP contribution in [0, 0.1) is 12.7 Å². The molecule has 0 radical (unpaired) electrons. The van der Waals surface area contributed by atoms with Crippen molar-refractivity contribution in [2.45, 2.75) is 39.5 Å². The molecule has 0 unspecified atom stereocenters. The SMILES string of the molecule is Cc1c(C(=O)Nc2cc(C(F)(F)F)ccc2NC(=O)OC(C)(C)C)nnn1-c1ccc(F)cc1. The topological polar surface area (TPSA) is 98.1 Å². The standard InChI is InChI=1S/C22H21F4N5O3/c1-12-18(29-30-31(12)15-8-6-14(23)7-9-15)19(32)27-17-11-13(22(24,25)26)5-10-16(17)28-20(33)34-21(2,3)4/h5-11H,1-4H3,(H,27,32)(H,28,33). The molecule has 0 bridgehead atoms. The molecule has 3 rings (SSSR count). The largest absolute Gasteiger partial charge is 0.444 e. The third-order valence-corrected chi connectivity index (χ3v) is 4.41. The number of alkyl halides is 3. The van der Waals surface area contributed by atoms with Gasteiger partial charge in [-0.1, -0.05) is 5.21 Å². The molecule has 34 heavy (non-hydrogen) atoms. The lowest BCUT2D eigenvalue weighted by atomic mass is 10.1. The summed E-state index contributed by atoms with van der Waals surface area (Å²) in [5.41, 5.74) is -1.81. The minimum atomic E-state index is -4.69. The molecule has 1 aromatic heterocycles. The summed E-state index contributed by atoms with van der Waals surface area (Å²) in [4.78, 5) is 25.0. The molecule has 0 fully saturated rings. The molecule has 8 nitrogen and oxygen atoms in total. The molecule has 0 spiro atoms. The number of carbonyl (C=O) groups is 2. The molecule has 2 amide bonds. The number of rotatable bonds is 4. The van der Waals surface area contributed by atoms with Crippen LogP contribution in [0.15, 0.2) is 42.5 Å². The number of hydrogen-bond donors (Lipinski definition) is 2. The molecule has 12 heteroatoms. The first-order chi connectivity index (χ1) is 15.7. The number of carbonyl (C=O) groups excluding carboxylic acids is 2. The van der Waals surface area contributed by atoms with Gasteiger partial charge in [-0.3, -0.25) is 10.1 Å². The quantitative estimate of drug-likeness (QED) is 0.493. The molecule has 0 aliphatic carbocycles. The summed E-state index contributed by atoms with van der Waals surface area (Å²) in [7, 11) is 0. The van der Waals surface area contributed by atoms with Crippen LogP contribution in [0.5, 0.6) is 0 Å². The van der Waals surface area contributed by atoms with Gasteiger partial charge < -0.3 is 10.1 Å². The summed E-state index contributed by atoms with van der Waals surface area (Å²) >= 11 is 0. The highest BCUT2D eigenvalue weighted by Gasteiger charge is 2.32. The van der Waals surface area contributed by atoms with E-state index < -0.39 is 35.2 Å². The van der Waals surface area contributed by atoms with Crippen LogP contribution in [0.4, 0.5) is 33.7 Å². The van der Waals surface area contributed by atoms with Gasteiger partial charge in [0.25, 0.3) is 5.91 Å². The summed E-state index contributed by atoms with van der Waals surface area (Å²) in [6.07, 6.45) is -5.60. The summed E-state index contributed by atoms with van der Waals surface area (Å²) < 4.78 is 59.3. The van der Waals surface area contributed by atoms with Gasteiger partial charge in [-0.25, -0.2) is 13.9 Å². The van der Waals surface area contributed by atoms with Crippen molar-refractivity contribution in [3.8, 4) is 5.69 Å². The predicted octanol–water partition coefficient (Wildman–Crippen LogP) is 5.33. The molecule has 3 aromatic rings. The van der Waals surface area contributed by atoms with Crippen LogP contribution < -0.4 is 10.6 Å². The maximum Gasteiger partial charge on any atom is 0.416 e. The van der Waals surface area contributed by atoms with Gasteiger partial charge in [-0.15, -0.1) is 5.10 Å². The zero-order valence-electron chi connectivity index (χ0n) is 18.6. The first-order valence-electron chi connectivity index (χ1n) is 9.95. The highest BCUT2D eigenvalue weighted by Crippen LogP contribution is 2.34. The molecule has 1 heterocycles. The Morgan fingerprint density at radius 3 is 2.21 bits per heavy atom. The Morgan fingerprint density at radius 1 is 0.971 bits per heavy atom. The molecule has 0 saturated heterocycles. The smallest absolute Gasteiger partial charge is 0.416 e. The van der Waals surface area contributed by atoms with Crippen molar-refractivity contribution < 1.29 is 31.9 Å². The fourth-order valence-electron chi connectivity index (χ4n) is 2.89. The minimum absolute atomic E-state index is 0.112. The first-order valence-corrected chi connectivity index (χ1v) is 9.95. The maximum atomic E-state index is 13.3. The Hall–Kier alpha value is -3.96. The van der Waals surface area contributed by atoms with E-state index in [-0.39, 0.29) is 22.8 Å². The van der Waals surface area contributed by atoms with Crippen molar-refractivity contribution in [3.05, 3.63) is 65.2 Å². The van der Waals surface area contributed by atoms with Crippen molar-refractivity contribution in [1.82, 2.24) is 15.0 Å². The van der Waals surface area contributed by atoms with E-state index in [4.69, 9.17) is 4.74 Å². The van der Waals surface area contributed by atoms with Gasteiger partial charge in [-0.2, -0.15) is 13.2 Å². The summed E-state index contributed by atoms with van der Waals surface area (Å²) in [6, 6.07) is 7.71. The van der Waals surface area contributed by atoms with Crippen molar-refractivity contribution in [2.24, 2.45) is 0 Å². The Bertz CT molecular complexity index is 1210.